The van der Waals surface area contributed by atoms with Crippen molar-refractivity contribution in [1.29, 1.82) is 0 Å². The Morgan fingerprint density at radius 3 is 2.76 bits per heavy atom. The number of rotatable bonds is 4. The van der Waals surface area contributed by atoms with Crippen LogP contribution in [0, 0.1) is 0 Å². The molecule has 0 aromatic heterocycles. The summed E-state index contributed by atoms with van der Waals surface area (Å²) < 4.78 is 0. The number of carboxylic acids is 1. The first-order valence-corrected chi connectivity index (χ1v) is 8.77. The molecular weight excluding hydrogens is 290 g/mol. The Morgan fingerprint density at radius 1 is 1.38 bits per heavy atom. The van der Waals surface area contributed by atoms with E-state index >= 15 is 0 Å². The maximum absolute atomic E-state index is 12.5. The van der Waals surface area contributed by atoms with E-state index in [0.29, 0.717) is 5.75 Å². The number of likely N-dealkylation sites (tertiary alicyclic amines) is 1. The van der Waals surface area contributed by atoms with E-state index in [0.717, 1.165) is 38.9 Å². The van der Waals surface area contributed by atoms with Crippen LogP contribution in [0.2, 0.25) is 0 Å². The van der Waals surface area contributed by atoms with Crippen molar-refractivity contribution in [3.8, 4) is 0 Å². The third kappa shape index (κ3) is 3.83. The Bertz CT molecular complexity index is 394. The van der Waals surface area contributed by atoms with Crippen molar-refractivity contribution in [2.45, 2.75) is 50.6 Å². The molecule has 21 heavy (non-hydrogen) atoms. The molecule has 0 bridgehead atoms. The smallest absolute Gasteiger partial charge is 0.327 e. The lowest BCUT2D eigenvalue weighted by atomic mass is 10.1. The zero-order chi connectivity index (χ0) is 15.4. The van der Waals surface area contributed by atoms with Crippen molar-refractivity contribution in [2.75, 3.05) is 25.4 Å². The normalized spacial score (nSPS) is 30.4. The third-order valence-electron chi connectivity index (χ3n) is 4.24. The number of urea groups is 1. The molecule has 2 rings (SSSR count). The average molecular weight is 315 g/mol. The summed E-state index contributed by atoms with van der Waals surface area (Å²) in [5.41, 5.74) is 0. The molecule has 2 N–H and O–H groups in total. The largest absolute Gasteiger partial charge is 0.480 e. The van der Waals surface area contributed by atoms with Gasteiger partial charge in [-0.1, -0.05) is 13.8 Å². The molecule has 120 valence electrons. The van der Waals surface area contributed by atoms with Gasteiger partial charge >= 0.3 is 12.0 Å². The standard InChI is InChI=1S/C14H25N3O3S/c1-3-12-17(11(9-21-12)13(18)19)14(20)15-10-6-5-7-16(4-2)8-10/h10-12H,3-9H2,1-2H3,(H,15,20)(H,18,19). The van der Waals surface area contributed by atoms with Crippen LogP contribution in [0.4, 0.5) is 4.79 Å². The lowest BCUT2D eigenvalue weighted by Gasteiger charge is -2.34. The van der Waals surface area contributed by atoms with Crippen molar-refractivity contribution in [3.05, 3.63) is 0 Å². The second-order valence-electron chi connectivity index (χ2n) is 5.64. The van der Waals surface area contributed by atoms with Gasteiger partial charge in [-0.3, -0.25) is 4.90 Å². The fourth-order valence-corrected chi connectivity index (χ4v) is 4.40. The number of nitrogens with zero attached hydrogens (tertiary/aromatic N) is 2. The predicted octanol–water partition coefficient (Wildman–Crippen LogP) is 1.42. The summed E-state index contributed by atoms with van der Waals surface area (Å²) in [7, 11) is 0. The van der Waals surface area contributed by atoms with Gasteiger partial charge in [0.2, 0.25) is 0 Å². The van der Waals surface area contributed by atoms with E-state index in [1.54, 1.807) is 11.8 Å². The van der Waals surface area contributed by atoms with Crippen LogP contribution in [0.15, 0.2) is 0 Å². The number of carbonyl (C=O) groups excluding carboxylic acids is 1. The van der Waals surface area contributed by atoms with E-state index in [-0.39, 0.29) is 17.4 Å². The van der Waals surface area contributed by atoms with Crippen LogP contribution in [0.3, 0.4) is 0 Å². The molecule has 6 nitrogen and oxygen atoms in total. The molecule has 3 unspecified atom stereocenters. The number of carboxylic acid groups (broad SMARTS) is 1. The van der Waals surface area contributed by atoms with Crippen LogP contribution < -0.4 is 5.32 Å². The summed E-state index contributed by atoms with van der Waals surface area (Å²) in [5, 5.41) is 12.3. The first-order valence-electron chi connectivity index (χ1n) is 7.72. The van der Waals surface area contributed by atoms with Gasteiger partial charge in [0.15, 0.2) is 0 Å². The van der Waals surface area contributed by atoms with Crippen LogP contribution in [0.5, 0.6) is 0 Å². The molecule has 0 aromatic rings. The summed E-state index contributed by atoms with van der Waals surface area (Å²) in [6, 6.07) is -0.795. The summed E-state index contributed by atoms with van der Waals surface area (Å²) in [6.07, 6.45) is 2.82. The van der Waals surface area contributed by atoms with Crippen molar-refractivity contribution < 1.29 is 14.7 Å². The molecule has 3 atom stereocenters. The Hall–Kier alpha value is -0.950. The Balaban J connectivity index is 1.98. The molecule has 2 saturated heterocycles. The highest BCUT2D eigenvalue weighted by Crippen LogP contribution is 2.31. The highest BCUT2D eigenvalue weighted by Gasteiger charge is 2.41. The van der Waals surface area contributed by atoms with Crippen molar-refractivity contribution >= 4 is 23.8 Å². The number of amides is 2. The fraction of sp³-hybridized carbons (Fsp3) is 0.857. The van der Waals surface area contributed by atoms with Crippen LogP contribution in [0.1, 0.15) is 33.1 Å². The topological polar surface area (TPSA) is 72.9 Å². The van der Waals surface area contributed by atoms with E-state index in [1.807, 2.05) is 6.92 Å². The van der Waals surface area contributed by atoms with Gasteiger partial charge in [0.05, 0.1) is 5.37 Å². The van der Waals surface area contributed by atoms with Gasteiger partial charge in [0.25, 0.3) is 0 Å². The van der Waals surface area contributed by atoms with E-state index in [9.17, 15) is 14.7 Å². The minimum absolute atomic E-state index is 0.0306. The third-order valence-corrected chi connectivity index (χ3v) is 5.70. The Morgan fingerprint density at radius 2 is 2.14 bits per heavy atom. The van der Waals surface area contributed by atoms with Crippen LogP contribution >= 0.6 is 11.8 Å². The highest BCUT2D eigenvalue weighted by molar-refractivity contribution is 8.00. The second-order valence-corrected chi connectivity index (χ2v) is 6.85. The molecule has 0 saturated carbocycles. The van der Waals surface area contributed by atoms with Crippen molar-refractivity contribution in [1.82, 2.24) is 15.1 Å². The number of aliphatic carboxylic acids is 1. The van der Waals surface area contributed by atoms with E-state index in [4.69, 9.17) is 0 Å². The molecule has 2 heterocycles. The van der Waals surface area contributed by atoms with Gasteiger partial charge in [0.1, 0.15) is 6.04 Å². The van der Waals surface area contributed by atoms with Crippen LogP contribution in [-0.4, -0.2) is 69.8 Å². The number of carbonyl (C=O) groups is 2. The molecule has 2 fully saturated rings. The summed E-state index contributed by atoms with van der Waals surface area (Å²) in [4.78, 5) is 27.7. The van der Waals surface area contributed by atoms with Gasteiger partial charge < -0.3 is 15.3 Å². The molecule has 0 aliphatic carbocycles. The minimum Gasteiger partial charge on any atom is -0.480 e. The highest BCUT2D eigenvalue weighted by atomic mass is 32.2. The molecular formula is C14H25N3O3S. The van der Waals surface area contributed by atoms with Crippen molar-refractivity contribution in [3.63, 3.8) is 0 Å². The molecule has 0 radical (unpaired) electrons. The molecule has 2 aliphatic heterocycles. The predicted molar refractivity (Wildman–Crippen MR) is 83.5 cm³/mol. The van der Waals surface area contributed by atoms with Gasteiger partial charge in [-0.15, -0.1) is 11.8 Å². The number of nitrogens with one attached hydrogen (secondary N) is 1. The minimum atomic E-state index is -0.910. The molecule has 2 amide bonds. The van der Waals surface area contributed by atoms with Gasteiger partial charge in [-0.2, -0.15) is 0 Å². The molecule has 0 aromatic carbocycles. The van der Waals surface area contributed by atoms with Crippen LogP contribution in [-0.2, 0) is 4.79 Å². The molecule has 0 spiro atoms. The van der Waals surface area contributed by atoms with E-state index in [1.165, 1.54) is 4.90 Å². The number of likely N-dealkylation sites (N-methyl/N-ethyl adjacent to an activating group) is 1. The summed E-state index contributed by atoms with van der Waals surface area (Å²) >= 11 is 1.56. The molecule has 2 aliphatic rings. The van der Waals surface area contributed by atoms with E-state index in [2.05, 4.69) is 17.1 Å². The first kappa shape index (κ1) is 16.4. The number of hydrogen-bond donors (Lipinski definition) is 2. The number of thioether (sulfide) groups is 1. The maximum Gasteiger partial charge on any atom is 0.327 e. The van der Waals surface area contributed by atoms with Crippen LogP contribution in [0.25, 0.3) is 0 Å². The monoisotopic (exact) mass is 315 g/mol. The van der Waals surface area contributed by atoms with Gasteiger partial charge in [-0.25, -0.2) is 9.59 Å². The van der Waals surface area contributed by atoms with E-state index < -0.39 is 12.0 Å². The Labute approximate surface area is 130 Å². The van der Waals surface area contributed by atoms with Gasteiger partial charge in [-0.05, 0) is 32.4 Å². The quantitative estimate of drug-likeness (QED) is 0.821. The van der Waals surface area contributed by atoms with Gasteiger partial charge in [0, 0.05) is 18.3 Å². The zero-order valence-electron chi connectivity index (χ0n) is 12.7. The number of piperidine rings is 1. The summed E-state index contributed by atoms with van der Waals surface area (Å²) in [5.74, 6) is -0.431. The Kier molecular flexibility index (Phi) is 5.75. The maximum atomic E-state index is 12.5. The SMILES string of the molecule is CCC1SCC(C(=O)O)N1C(=O)NC1CCCN(CC)C1. The summed E-state index contributed by atoms with van der Waals surface area (Å²) in [6.45, 7) is 7.04. The molecule has 7 heteroatoms. The number of hydrogen-bond acceptors (Lipinski definition) is 4. The second kappa shape index (κ2) is 7.35. The first-order chi connectivity index (χ1) is 10.1. The van der Waals surface area contributed by atoms with Crippen molar-refractivity contribution in [2.24, 2.45) is 0 Å². The zero-order valence-corrected chi connectivity index (χ0v) is 13.6. The fourth-order valence-electron chi connectivity index (χ4n) is 3.05. The lowest BCUT2D eigenvalue weighted by molar-refractivity contribution is -0.141. The average Bonchev–Trinajstić information content (AvgIpc) is 2.91. The lowest BCUT2D eigenvalue weighted by Crippen LogP contribution is -2.55.